The van der Waals surface area contributed by atoms with Crippen molar-refractivity contribution in [3.05, 3.63) is 77.8 Å². The van der Waals surface area contributed by atoms with Gasteiger partial charge in [0, 0.05) is 0 Å². The van der Waals surface area contributed by atoms with E-state index in [1.807, 2.05) is 6.07 Å². The van der Waals surface area contributed by atoms with Gasteiger partial charge in [-0.2, -0.15) is 0 Å². The van der Waals surface area contributed by atoms with Crippen molar-refractivity contribution in [2.24, 2.45) is 0 Å². The number of nitrogens with zero attached hydrogens (tertiary/aromatic N) is 1. The van der Waals surface area contributed by atoms with Gasteiger partial charge in [0.15, 0.2) is 0 Å². The fourth-order valence-corrected chi connectivity index (χ4v) is 2.21. The molecule has 0 bridgehead atoms. The molecule has 17 heavy (non-hydrogen) atoms. The molecule has 0 fully saturated rings. The van der Waals surface area contributed by atoms with Gasteiger partial charge in [-0.25, -0.2) is 0 Å². The molecule has 1 nitrogen and oxygen atoms in total. The first-order valence-electron chi connectivity index (χ1n) is 6.00. The van der Waals surface area contributed by atoms with E-state index in [2.05, 4.69) is 65.9 Å². The second-order valence-electron chi connectivity index (χ2n) is 4.36. The number of rotatable bonds is 1. The van der Waals surface area contributed by atoms with Crippen molar-refractivity contribution in [1.29, 1.82) is 0 Å². The van der Waals surface area contributed by atoms with Crippen LogP contribution in [0.5, 0.6) is 0 Å². The van der Waals surface area contributed by atoms with Crippen molar-refractivity contribution in [2.75, 3.05) is 6.54 Å². The van der Waals surface area contributed by atoms with Crippen LogP contribution in [0.15, 0.2) is 54.6 Å². The Kier molecular flexibility index (Phi) is 2.66. The van der Waals surface area contributed by atoms with Crippen LogP contribution in [0.4, 0.5) is 0 Å². The molecule has 0 radical (unpaired) electrons. The van der Waals surface area contributed by atoms with Crippen LogP contribution >= 0.6 is 0 Å². The topological polar surface area (TPSA) is 3.01 Å². The van der Waals surface area contributed by atoms with E-state index >= 15 is 0 Å². The highest BCUT2D eigenvalue weighted by Crippen LogP contribution is 2.17. The zero-order valence-corrected chi connectivity index (χ0v) is 9.71. The normalized spacial score (nSPS) is 16.4. The first-order valence-corrected chi connectivity index (χ1v) is 6.00. The Hall–Kier alpha value is -2.02. The van der Waals surface area contributed by atoms with Crippen LogP contribution in [-0.2, 0) is 6.42 Å². The molecule has 0 amide bonds. The van der Waals surface area contributed by atoms with E-state index < -0.39 is 0 Å². The summed E-state index contributed by atoms with van der Waals surface area (Å²) >= 11 is 0. The van der Waals surface area contributed by atoms with Gasteiger partial charge in [0.2, 0.25) is 0 Å². The van der Waals surface area contributed by atoms with Gasteiger partial charge < -0.3 is 0 Å². The number of benzene rings is 2. The summed E-state index contributed by atoms with van der Waals surface area (Å²) in [6.45, 7) is 3.29. The van der Waals surface area contributed by atoms with Gasteiger partial charge in [-0.3, -0.25) is 4.58 Å². The Morgan fingerprint density at radius 3 is 2.59 bits per heavy atom. The third kappa shape index (κ3) is 2.23. The molecule has 1 heterocycles. The Bertz CT molecular complexity index is 540. The van der Waals surface area contributed by atoms with E-state index in [0.717, 1.165) is 13.0 Å². The maximum atomic E-state index is 2.28. The molecular formula is C16H15N. The highest BCUT2D eigenvalue weighted by atomic mass is 15.0. The summed E-state index contributed by atoms with van der Waals surface area (Å²) < 4.78 is 2.28. The lowest BCUT2D eigenvalue weighted by Crippen LogP contribution is -2.21. The number of hydrogen-bond acceptors (Lipinski definition) is 0. The predicted octanol–water partition coefficient (Wildman–Crippen LogP) is 2.88. The zero-order chi connectivity index (χ0) is 11.5. The lowest BCUT2D eigenvalue weighted by atomic mass is 10.0. The van der Waals surface area contributed by atoms with Gasteiger partial charge in [0.05, 0.1) is 6.54 Å². The van der Waals surface area contributed by atoms with E-state index in [1.165, 1.54) is 16.7 Å². The fourth-order valence-electron chi connectivity index (χ4n) is 2.21. The highest BCUT2D eigenvalue weighted by Gasteiger charge is 2.10. The molecule has 84 valence electrons. The first kappa shape index (κ1) is 10.2. The van der Waals surface area contributed by atoms with E-state index in [4.69, 9.17) is 0 Å². The summed E-state index contributed by atoms with van der Waals surface area (Å²) in [5.74, 6) is 0. The quantitative estimate of drug-likeness (QED) is 0.514. The Balaban J connectivity index is 1.87. The van der Waals surface area contributed by atoms with Crippen LogP contribution < -0.4 is 0 Å². The molecule has 1 aliphatic heterocycles. The molecule has 0 atom stereocenters. The maximum absolute atomic E-state index is 2.28. The number of hydrogen-bond donors (Lipinski definition) is 0. The van der Waals surface area contributed by atoms with Crippen LogP contribution in [0.3, 0.4) is 0 Å². The van der Waals surface area contributed by atoms with Crippen molar-refractivity contribution in [1.82, 2.24) is 0 Å². The second kappa shape index (κ2) is 4.46. The summed E-state index contributed by atoms with van der Waals surface area (Å²) in [5.41, 5.74) is 4.04. The predicted molar refractivity (Wildman–Crippen MR) is 70.3 cm³/mol. The van der Waals surface area contributed by atoms with Crippen molar-refractivity contribution in [3.63, 3.8) is 0 Å². The molecular weight excluding hydrogens is 206 g/mol. The maximum Gasteiger partial charge on any atom is 0.127 e. The minimum absolute atomic E-state index is 1.06. The monoisotopic (exact) mass is 221 g/mol. The lowest BCUT2D eigenvalue weighted by molar-refractivity contribution is -0.479. The molecule has 0 saturated heterocycles. The zero-order valence-electron chi connectivity index (χ0n) is 9.71. The van der Waals surface area contributed by atoms with Crippen molar-refractivity contribution >= 4 is 6.21 Å². The molecule has 0 aromatic heterocycles. The minimum atomic E-state index is 1.06. The third-order valence-electron chi connectivity index (χ3n) is 3.11. The average molecular weight is 221 g/mol. The highest BCUT2D eigenvalue weighted by molar-refractivity contribution is 5.75. The van der Waals surface area contributed by atoms with Crippen LogP contribution in [0.25, 0.3) is 0 Å². The van der Waals surface area contributed by atoms with Crippen molar-refractivity contribution in [3.8, 4) is 0 Å². The Morgan fingerprint density at radius 1 is 0.941 bits per heavy atom. The molecule has 0 spiro atoms. The molecule has 2 aromatic carbocycles. The SMILES string of the molecule is C(c1ccccc1)=[N+]1[CH-]c2ccccc2CC1. The van der Waals surface area contributed by atoms with E-state index in [1.54, 1.807) is 0 Å². The lowest BCUT2D eigenvalue weighted by Gasteiger charge is -2.20. The smallest absolute Gasteiger partial charge is 0.127 e. The first-order chi connectivity index (χ1) is 8.42. The molecule has 1 aliphatic rings. The summed E-state index contributed by atoms with van der Waals surface area (Å²) in [6.07, 6.45) is 3.33. The van der Waals surface area contributed by atoms with Gasteiger partial charge in [0.25, 0.3) is 0 Å². The van der Waals surface area contributed by atoms with E-state index in [-0.39, 0.29) is 0 Å². The summed E-state index contributed by atoms with van der Waals surface area (Å²) in [6, 6.07) is 19.1. The van der Waals surface area contributed by atoms with Crippen molar-refractivity contribution < 1.29 is 4.58 Å². The Labute approximate surface area is 102 Å². The van der Waals surface area contributed by atoms with Crippen LogP contribution in [0, 0.1) is 6.54 Å². The molecule has 3 rings (SSSR count). The third-order valence-corrected chi connectivity index (χ3v) is 3.11. The van der Waals surface area contributed by atoms with Gasteiger partial charge in [0.1, 0.15) is 12.8 Å². The van der Waals surface area contributed by atoms with E-state index in [0.29, 0.717) is 0 Å². The summed E-state index contributed by atoms with van der Waals surface area (Å²) in [7, 11) is 0. The molecule has 2 aromatic rings. The standard InChI is InChI=1S/C16H15N/c1-2-6-14(7-3-1)12-17-11-10-15-8-4-5-9-16(15)13-17/h1-9,12-13H,10-11H2. The van der Waals surface area contributed by atoms with Gasteiger partial charge >= 0.3 is 0 Å². The average Bonchev–Trinajstić information content (AvgIpc) is 2.40. The molecule has 0 unspecified atom stereocenters. The molecule has 0 saturated carbocycles. The fraction of sp³-hybridized carbons (Fsp3) is 0.125. The van der Waals surface area contributed by atoms with Crippen LogP contribution in [-0.4, -0.2) is 17.3 Å². The second-order valence-corrected chi connectivity index (χ2v) is 4.36. The molecule has 1 heteroatoms. The van der Waals surface area contributed by atoms with Crippen molar-refractivity contribution in [2.45, 2.75) is 6.42 Å². The van der Waals surface area contributed by atoms with Crippen LogP contribution in [0.1, 0.15) is 16.7 Å². The Morgan fingerprint density at radius 2 is 1.71 bits per heavy atom. The van der Waals surface area contributed by atoms with E-state index in [9.17, 15) is 0 Å². The van der Waals surface area contributed by atoms with Gasteiger partial charge in [-0.1, -0.05) is 42.0 Å². The van der Waals surface area contributed by atoms with Crippen LogP contribution in [0.2, 0.25) is 0 Å². The summed E-state index contributed by atoms with van der Waals surface area (Å²) in [5, 5.41) is 0. The largest absolute Gasteiger partial charge is 0.284 e. The number of fused-ring (bicyclic) bond motifs is 1. The molecule has 0 aliphatic carbocycles. The summed E-state index contributed by atoms with van der Waals surface area (Å²) in [4.78, 5) is 0. The van der Waals surface area contributed by atoms with Gasteiger partial charge in [-0.05, 0) is 12.0 Å². The molecule has 0 N–H and O–H groups in total. The minimum Gasteiger partial charge on any atom is -0.284 e. The van der Waals surface area contributed by atoms with Gasteiger partial charge in [-0.15, -0.1) is 23.8 Å².